The summed E-state index contributed by atoms with van der Waals surface area (Å²) in [6.45, 7) is -0.545. The molecular weight excluding hydrogens is 384 g/mol. The lowest BCUT2D eigenvalue weighted by Crippen LogP contribution is -2.60. The summed E-state index contributed by atoms with van der Waals surface area (Å²) < 4.78 is 16.9. The molecule has 2 aliphatic rings. The molecule has 9 heteroatoms. The summed E-state index contributed by atoms with van der Waals surface area (Å²) in [6.07, 6.45) is -6.72. The second-order valence-electron chi connectivity index (χ2n) is 7.18. The van der Waals surface area contributed by atoms with Crippen LogP contribution in [0, 0.1) is 0 Å². The van der Waals surface area contributed by atoms with Crippen LogP contribution in [-0.4, -0.2) is 68.0 Å². The standard InChI is InChI=1S/C20H22O9/c21-8-16-17(24)18(25)19(26)20(29-16)27-13-2-1-9-5-14(28-15(9)7-13)10-3-11(22)6-12(23)4-10/h1-4,6-7,14,16-26H,5,8H2. The minimum atomic E-state index is -1.53. The van der Waals surface area contributed by atoms with Gasteiger partial charge >= 0.3 is 0 Å². The van der Waals surface area contributed by atoms with Gasteiger partial charge in [0.25, 0.3) is 0 Å². The maximum atomic E-state index is 10.1. The SMILES string of the molecule is OCC1OC(Oc2ccc3c(c2)OC(c2cc(O)cc(O)c2)C3)C(O)C(O)C1O. The molecule has 1 saturated heterocycles. The molecule has 0 saturated carbocycles. The molecular formula is C20H22O9. The van der Waals surface area contributed by atoms with Gasteiger partial charge in [-0.15, -0.1) is 0 Å². The zero-order valence-electron chi connectivity index (χ0n) is 15.3. The van der Waals surface area contributed by atoms with Gasteiger partial charge in [0.05, 0.1) is 6.61 Å². The Bertz CT molecular complexity index is 864. The number of aliphatic hydroxyl groups excluding tert-OH is 4. The Morgan fingerprint density at radius 2 is 1.66 bits per heavy atom. The number of ether oxygens (including phenoxy) is 3. The van der Waals surface area contributed by atoms with Crippen molar-refractivity contribution in [2.45, 2.75) is 43.2 Å². The Labute approximate surface area is 166 Å². The Morgan fingerprint density at radius 3 is 2.34 bits per heavy atom. The summed E-state index contributed by atoms with van der Waals surface area (Å²) in [5.41, 5.74) is 1.51. The third-order valence-corrected chi connectivity index (χ3v) is 5.11. The average molecular weight is 406 g/mol. The molecule has 2 aromatic carbocycles. The van der Waals surface area contributed by atoms with E-state index < -0.39 is 43.4 Å². The van der Waals surface area contributed by atoms with Crippen molar-refractivity contribution in [3.63, 3.8) is 0 Å². The van der Waals surface area contributed by atoms with Crippen molar-refractivity contribution >= 4 is 0 Å². The first-order valence-corrected chi connectivity index (χ1v) is 9.15. The maximum Gasteiger partial charge on any atom is 0.229 e. The molecule has 0 bridgehead atoms. The lowest BCUT2D eigenvalue weighted by molar-refractivity contribution is -0.277. The molecule has 0 aliphatic carbocycles. The Morgan fingerprint density at radius 1 is 0.931 bits per heavy atom. The highest BCUT2D eigenvalue weighted by molar-refractivity contribution is 5.46. The fourth-order valence-corrected chi connectivity index (χ4v) is 3.57. The van der Waals surface area contributed by atoms with E-state index in [9.17, 15) is 30.6 Å². The van der Waals surface area contributed by atoms with Gasteiger partial charge in [0.2, 0.25) is 6.29 Å². The highest BCUT2D eigenvalue weighted by Gasteiger charge is 2.44. The monoisotopic (exact) mass is 406 g/mol. The fourth-order valence-electron chi connectivity index (χ4n) is 3.57. The number of fused-ring (bicyclic) bond motifs is 1. The first kappa shape index (κ1) is 19.7. The van der Waals surface area contributed by atoms with Crippen LogP contribution in [0.4, 0.5) is 0 Å². The normalized spacial score (nSPS) is 31.2. The molecule has 2 aromatic rings. The molecule has 1 fully saturated rings. The third-order valence-electron chi connectivity index (χ3n) is 5.11. The molecule has 4 rings (SSSR count). The average Bonchev–Trinajstić information content (AvgIpc) is 3.11. The van der Waals surface area contributed by atoms with E-state index in [0.717, 1.165) is 5.56 Å². The van der Waals surface area contributed by atoms with Crippen molar-refractivity contribution in [3.8, 4) is 23.0 Å². The van der Waals surface area contributed by atoms with Crippen molar-refractivity contribution in [1.29, 1.82) is 0 Å². The predicted octanol–water partition coefficient (Wildman–Crippen LogP) is -0.0473. The van der Waals surface area contributed by atoms with Gasteiger partial charge in [-0.25, -0.2) is 0 Å². The van der Waals surface area contributed by atoms with Crippen LogP contribution >= 0.6 is 0 Å². The van der Waals surface area contributed by atoms with E-state index in [-0.39, 0.29) is 11.5 Å². The molecule has 6 N–H and O–H groups in total. The minimum Gasteiger partial charge on any atom is -0.508 e. The van der Waals surface area contributed by atoms with Crippen molar-refractivity contribution in [2.75, 3.05) is 6.61 Å². The van der Waals surface area contributed by atoms with Crippen LogP contribution in [0.1, 0.15) is 17.2 Å². The predicted molar refractivity (Wildman–Crippen MR) is 97.7 cm³/mol. The molecule has 0 aromatic heterocycles. The Balaban J connectivity index is 1.49. The number of phenolic OH excluding ortho intramolecular Hbond substituents is 2. The molecule has 2 aliphatic heterocycles. The van der Waals surface area contributed by atoms with E-state index in [4.69, 9.17) is 14.2 Å². The topological polar surface area (TPSA) is 149 Å². The van der Waals surface area contributed by atoms with Crippen LogP contribution in [-0.2, 0) is 11.2 Å². The minimum absolute atomic E-state index is 0.0637. The van der Waals surface area contributed by atoms with E-state index in [0.29, 0.717) is 23.5 Å². The summed E-state index contributed by atoms with van der Waals surface area (Å²) in [6, 6.07) is 9.28. The second kappa shape index (κ2) is 7.69. The fraction of sp³-hybridized carbons (Fsp3) is 0.400. The molecule has 0 amide bonds. The number of hydrogen-bond acceptors (Lipinski definition) is 9. The molecule has 0 spiro atoms. The molecule has 6 atom stereocenters. The second-order valence-corrected chi connectivity index (χ2v) is 7.18. The van der Waals surface area contributed by atoms with Gasteiger partial charge in [0.1, 0.15) is 53.5 Å². The molecule has 2 heterocycles. The van der Waals surface area contributed by atoms with Crippen LogP contribution in [0.2, 0.25) is 0 Å². The largest absolute Gasteiger partial charge is 0.508 e. The Kier molecular flexibility index (Phi) is 5.24. The van der Waals surface area contributed by atoms with E-state index in [1.54, 1.807) is 18.2 Å². The van der Waals surface area contributed by atoms with Gasteiger partial charge in [-0.05, 0) is 29.3 Å². The van der Waals surface area contributed by atoms with Crippen molar-refractivity contribution in [2.24, 2.45) is 0 Å². The summed E-state index contributed by atoms with van der Waals surface area (Å²) in [5.74, 6) is 0.699. The number of benzene rings is 2. The summed E-state index contributed by atoms with van der Waals surface area (Å²) in [4.78, 5) is 0. The number of rotatable bonds is 4. The highest BCUT2D eigenvalue weighted by atomic mass is 16.7. The third kappa shape index (κ3) is 3.83. The highest BCUT2D eigenvalue weighted by Crippen LogP contribution is 2.40. The zero-order valence-corrected chi connectivity index (χ0v) is 15.3. The first-order chi connectivity index (χ1) is 13.9. The quantitative estimate of drug-likeness (QED) is 0.411. The van der Waals surface area contributed by atoms with Crippen LogP contribution < -0.4 is 9.47 Å². The number of aliphatic hydroxyl groups is 4. The van der Waals surface area contributed by atoms with Crippen molar-refractivity contribution in [3.05, 3.63) is 47.5 Å². The first-order valence-electron chi connectivity index (χ1n) is 9.15. The molecule has 156 valence electrons. The van der Waals surface area contributed by atoms with Crippen molar-refractivity contribution in [1.82, 2.24) is 0 Å². The van der Waals surface area contributed by atoms with Crippen LogP contribution in [0.15, 0.2) is 36.4 Å². The van der Waals surface area contributed by atoms with E-state index >= 15 is 0 Å². The van der Waals surface area contributed by atoms with E-state index in [2.05, 4.69) is 0 Å². The van der Waals surface area contributed by atoms with E-state index in [1.807, 2.05) is 0 Å². The van der Waals surface area contributed by atoms with Gasteiger partial charge < -0.3 is 44.8 Å². The van der Waals surface area contributed by atoms with Crippen LogP contribution in [0.5, 0.6) is 23.0 Å². The number of aromatic hydroxyl groups is 2. The van der Waals surface area contributed by atoms with Crippen LogP contribution in [0.25, 0.3) is 0 Å². The lowest BCUT2D eigenvalue weighted by Gasteiger charge is -2.39. The maximum absolute atomic E-state index is 10.1. The number of phenols is 2. The van der Waals surface area contributed by atoms with Gasteiger partial charge in [-0.3, -0.25) is 0 Å². The lowest BCUT2D eigenvalue weighted by atomic mass is 9.99. The summed E-state index contributed by atoms with van der Waals surface area (Å²) in [7, 11) is 0. The van der Waals surface area contributed by atoms with Gasteiger partial charge in [0, 0.05) is 18.6 Å². The number of hydrogen-bond donors (Lipinski definition) is 6. The summed E-state index contributed by atoms with van der Waals surface area (Å²) in [5, 5.41) is 58.4. The molecule has 0 radical (unpaired) electrons. The van der Waals surface area contributed by atoms with Crippen molar-refractivity contribution < 1.29 is 44.8 Å². The Hall–Kier alpha value is -2.56. The van der Waals surface area contributed by atoms with E-state index in [1.165, 1.54) is 18.2 Å². The van der Waals surface area contributed by atoms with Crippen LogP contribution in [0.3, 0.4) is 0 Å². The van der Waals surface area contributed by atoms with Gasteiger partial charge in [0.15, 0.2) is 0 Å². The molecule has 9 nitrogen and oxygen atoms in total. The summed E-state index contributed by atoms with van der Waals surface area (Å²) >= 11 is 0. The van der Waals surface area contributed by atoms with Gasteiger partial charge in [-0.2, -0.15) is 0 Å². The molecule has 6 unspecified atom stereocenters. The molecule has 29 heavy (non-hydrogen) atoms. The smallest absolute Gasteiger partial charge is 0.229 e. The zero-order chi connectivity index (χ0) is 20.7. The van der Waals surface area contributed by atoms with Gasteiger partial charge in [-0.1, -0.05) is 6.07 Å².